The third-order valence-electron chi connectivity index (χ3n) is 3.19. The number of thiazole rings is 1. The average molecular weight is 325 g/mol. The Morgan fingerprint density at radius 2 is 2.10 bits per heavy atom. The van der Waals surface area contributed by atoms with E-state index in [1.54, 1.807) is 18.2 Å². The number of anilines is 1. The molecule has 0 spiro atoms. The van der Waals surface area contributed by atoms with Gasteiger partial charge in [0.2, 0.25) is 0 Å². The summed E-state index contributed by atoms with van der Waals surface area (Å²) in [5.74, 6) is 0.266. The molecule has 0 radical (unpaired) electrons. The molecule has 1 aromatic carbocycles. The van der Waals surface area contributed by atoms with Gasteiger partial charge in [-0.25, -0.2) is 13.4 Å². The van der Waals surface area contributed by atoms with Gasteiger partial charge in [-0.05, 0) is 36.1 Å². The lowest BCUT2D eigenvalue weighted by molar-refractivity contribution is 0.601. The third kappa shape index (κ3) is 3.61. The van der Waals surface area contributed by atoms with Crippen LogP contribution >= 0.6 is 11.3 Å². The minimum atomic E-state index is -3.63. The lowest BCUT2D eigenvalue weighted by Gasteiger charge is -2.08. The predicted octanol–water partition coefficient (Wildman–Crippen LogP) is 2.83. The quantitative estimate of drug-likeness (QED) is 0.885. The van der Waals surface area contributed by atoms with Crippen LogP contribution in [0.2, 0.25) is 0 Å². The van der Waals surface area contributed by atoms with Gasteiger partial charge in [-0.15, -0.1) is 11.3 Å². The molecule has 0 aliphatic rings. The van der Waals surface area contributed by atoms with Gasteiger partial charge >= 0.3 is 0 Å². The van der Waals surface area contributed by atoms with Crippen molar-refractivity contribution in [3.8, 4) is 0 Å². The van der Waals surface area contributed by atoms with Crippen molar-refractivity contribution in [2.45, 2.75) is 38.1 Å². The van der Waals surface area contributed by atoms with Gasteiger partial charge in [0.05, 0.1) is 10.6 Å². The van der Waals surface area contributed by atoms with E-state index in [4.69, 9.17) is 5.73 Å². The van der Waals surface area contributed by atoms with Gasteiger partial charge in [0.25, 0.3) is 10.0 Å². The van der Waals surface area contributed by atoms with Crippen molar-refractivity contribution in [3.05, 3.63) is 40.4 Å². The Kier molecular flexibility index (Phi) is 4.65. The number of aryl methyl sites for hydroxylation is 1. The van der Waals surface area contributed by atoms with Crippen LogP contribution in [0.15, 0.2) is 28.5 Å². The largest absolute Gasteiger partial charge is 0.326 e. The van der Waals surface area contributed by atoms with E-state index in [2.05, 4.69) is 9.71 Å². The summed E-state index contributed by atoms with van der Waals surface area (Å²) in [5.41, 5.74) is 8.30. The van der Waals surface area contributed by atoms with E-state index in [1.165, 1.54) is 11.3 Å². The molecule has 0 unspecified atom stereocenters. The number of nitrogens with zero attached hydrogens (tertiary/aromatic N) is 1. The molecule has 3 N–H and O–H groups in total. The summed E-state index contributed by atoms with van der Waals surface area (Å²) in [4.78, 5) is 4.49. The summed E-state index contributed by atoms with van der Waals surface area (Å²) in [5, 5.41) is 2.25. The molecule has 21 heavy (non-hydrogen) atoms. The van der Waals surface area contributed by atoms with Crippen LogP contribution in [-0.4, -0.2) is 13.4 Å². The fourth-order valence-electron chi connectivity index (χ4n) is 1.81. The molecule has 1 heterocycles. The van der Waals surface area contributed by atoms with Crippen LogP contribution in [0, 0.1) is 6.92 Å². The third-order valence-corrected chi connectivity index (χ3v) is 5.43. The molecule has 7 heteroatoms. The van der Waals surface area contributed by atoms with Gasteiger partial charge in [-0.1, -0.05) is 19.9 Å². The van der Waals surface area contributed by atoms with Gasteiger partial charge in [-0.3, -0.25) is 4.72 Å². The molecule has 0 saturated heterocycles. The van der Waals surface area contributed by atoms with E-state index in [9.17, 15) is 8.42 Å². The van der Waals surface area contributed by atoms with Crippen LogP contribution in [-0.2, 0) is 16.6 Å². The first-order valence-corrected chi connectivity index (χ1v) is 8.97. The van der Waals surface area contributed by atoms with Gasteiger partial charge in [0.1, 0.15) is 0 Å². The molecule has 0 amide bonds. The van der Waals surface area contributed by atoms with E-state index in [0.717, 1.165) is 16.8 Å². The molecule has 0 fully saturated rings. The lowest BCUT2D eigenvalue weighted by atomic mass is 10.1. The van der Waals surface area contributed by atoms with Crippen molar-refractivity contribution in [1.29, 1.82) is 0 Å². The molecule has 0 atom stereocenters. The number of nitrogens with two attached hydrogens (primary N) is 1. The number of aromatic nitrogens is 1. The second-order valence-electron chi connectivity index (χ2n) is 5.13. The average Bonchev–Trinajstić information content (AvgIpc) is 2.87. The Balaban J connectivity index is 2.29. The van der Waals surface area contributed by atoms with Gasteiger partial charge in [-0.2, -0.15) is 0 Å². The smallest absolute Gasteiger partial charge is 0.263 e. The Hall–Kier alpha value is -1.44. The van der Waals surface area contributed by atoms with Crippen molar-refractivity contribution >= 4 is 26.5 Å². The summed E-state index contributed by atoms with van der Waals surface area (Å²) < 4.78 is 27.3. The summed E-state index contributed by atoms with van der Waals surface area (Å²) in [7, 11) is -3.63. The van der Waals surface area contributed by atoms with Crippen LogP contribution in [0.5, 0.6) is 0 Å². The zero-order valence-electron chi connectivity index (χ0n) is 12.3. The summed E-state index contributed by atoms with van der Waals surface area (Å²) in [6, 6.07) is 4.95. The number of benzene rings is 1. The molecule has 114 valence electrons. The van der Waals surface area contributed by atoms with E-state index in [1.807, 2.05) is 26.2 Å². The van der Waals surface area contributed by atoms with Crippen LogP contribution in [0.25, 0.3) is 0 Å². The zero-order chi connectivity index (χ0) is 15.6. The standard InChI is InChI=1S/C14H19N3O2S2/c1-9(2)13-8-20-14(16-13)17-21(18,19)12-5-4-10(3)11(6-12)7-15/h4-6,8-9H,7,15H2,1-3H3,(H,16,17). The first-order chi connectivity index (χ1) is 9.83. The molecular formula is C14H19N3O2S2. The highest BCUT2D eigenvalue weighted by Gasteiger charge is 2.17. The van der Waals surface area contributed by atoms with E-state index in [0.29, 0.717) is 11.7 Å². The number of sulfonamides is 1. The molecular weight excluding hydrogens is 306 g/mol. The number of nitrogens with one attached hydrogen (secondary N) is 1. The zero-order valence-corrected chi connectivity index (χ0v) is 13.9. The summed E-state index contributed by atoms with van der Waals surface area (Å²) in [6.45, 7) is 6.24. The maximum Gasteiger partial charge on any atom is 0.263 e. The first kappa shape index (κ1) is 15.9. The van der Waals surface area contributed by atoms with Gasteiger partial charge in [0.15, 0.2) is 5.13 Å². The van der Waals surface area contributed by atoms with Crippen molar-refractivity contribution in [2.75, 3.05) is 4.72 Å². The topological polar surface area (TPSA) is 85.1 Å². The Morgan fingerprint density at radius 1 is 1.38 bits per heavy atom. The van der Waals surface area contributed by atoms with Crippen molar-refractivity contribution in [3.63, 3.8) is 0 Å². The fourth-order valence-corrected chi connectivity index (χ4v) is 3.98. The van der Waals surface area contributed by atoms with E-state index < -0.39 is 10.0 Å². The molecule has 5 nitrogen and oxygen atoms in total. The van der Waals surface area contributed by atoms with Crippen molar-refractivity contribution in [2.24, 2.45) is 5.73 Å². The normalized spacial score (nSPS) is 11.9. The molecule has 0 bridgehead atoms. The van der Waals surface area contributed by atoms with E-state index >= 15 is 0 Å². The molecule has 0 aliphatic carbocycles. The molecule has 2 aromatic rings. The highest BCUT2D eigenvalue weighted by atomic mass is 32.2. The summed E-state index contributed by atoms with van der Waals surface area (Å²) in [6.07, 6.45) is 0. The monoisotopic (exact) mass is 325 g/mol. The first-order valence-electron chi connectivity index (χ1n) is 6.61. The Morgan fingerprint density at radius 3 is 2.67 bits per heavy atom. The predicted molar refractivity (Wildman–Crippen MR) is 86.1 cm³/mol. The van der Waals surface area contributed by atoms with Gasteiger partial charge < -0.3 is 5.73 Å². The second kappa shape index (κ2) is 6.13. The molecule has 0 saturated carbocycles. The number of rotatable bonds is 5. The van der Waals surface area contributed by atoms with Crippen LogP contribution in [0.4, 0.5) is 5.13 Å². The van der Waals surface area contributed by atoms with Crippen molar-refractivity contribution < 1.29 is 8.42 Å². The van der Waals surface area contributed by atoms with Crippen LogP contribution in [0.3, 0.4) is 0 Å². The highest BCUT2D eigenvalue weighted by molar-refractivity contribution is 7.93. The number of hydrogen-bond donors (Lipinski definition) is 2. The SMILES string of the molecule is Cc1ccc(S(=O)(=O)Nc2nc(C(C)C)cs2)cc1CN. The molecule has 2 rings (SSSR count). The van der Waals surface area contributed by atoms with Crippen LogP contribution in [0.1, 0.15) is 36.6 Å². The molecule has 0 aliphatic heterocycles. The lowest BCUT2D eigenvalue weighted by Crippen LogP contribution is -2.14. The Labute approximate surface area is 129 Å². The maximum atomic E-state index is 12.4. The fraction of sp³-hybridized carbons (Fsp3) is 0.357. The number of hydrogen-bond acceptors (Lipinski definition) is 5. The minimum absolute atomic E-state index is 0.204. The molecule has 1 aromatic heterocycles. The second-order valence-corrected chi connectivity index (χ2v) is 7.67. The van der Waals surface area contributed by atoms with Crippen molar-refractivity contribution in [1.82, 2.24) is 4.98 Å². The minimum Gasteiger partial charge on any atom is -0.326 e. The van der Waals surface area contributed by atoms with Gasteiger partial charge in [0, 0.05) is 11.9 Å². The maximum absolute atomic E-state index is 12.4. The Bertz CT molecular complexity index is 736. The highest BCUT2D eigenvalue weighted by Crippen LogP contribution is 2.24. The van der Waals surface area contributed by atoms with E-state index in [-0.39, 0.29) is 10.8 Å². The van der Waals surface area contributed by atoms with Crippen LogP contribution < -0.4 is 10.5 Å². The summed E-state index contributed by atoms with van der Waals surface area (Å²) >= 11 is 1.29.